The molecule has 0 spiro atoms. The molecule has 1 aromatic heterocycles. The van der Waals surface area contributed by atoms with E-state index < -0.39 is 0 Å². The summed E-state index contributed by atoms with van der Waals surface area (Å²) in [6.45, 7) is 3.38. The largest absolute Gasteiger partial charge is 0.361 e. The molecule has 4 rings (SSSR count). The van der Waals surface area contributed by atoms with Crippen LogP contribution >= 0.6 is 0 Å². The Hall–Kier alpha value is -1.54. The van der Waals surface area contributed by atoms with Crippen LogP contribution in [0.1, 0.15) is 24.0 Å². The lowest BCUT2D eigenvalue weighted by Crippen LogP contribution is -2.43. The molecular formula is C16H18N2. The van der Waals surface area contributed by atoms with E-state index in [0.717, 1.165) is 6.54 Å². The maximum Gasteiger partial charge on any atom is 0.0459 e. The van der Waals surface area contributed by atoms with Crippen LogP contribution in [0.4, 0.5) is 0 Å². The third kappa shape index (κ3) is 1.21. The second kappa shape index (κ2) is 3.48. The minimum Gasteiger partial charge on any atom is -0.361 e. The third-order valence-corrected chi connectivity index (χ3v) is 4.73. The Morgan fingerprint density at radius 2 is 2.22 bits per heavy atom. The molecule has 18 heavy (non-hydrogen) atoms. The van der Waals surface area contributed by atoms with Gasteiger partial charge in [-0.25, -0.2) is 0 Å². The topological polar surface area (TPSA) is 19.0 Å². The molecule has 0 saturated heterocycles. The van der Waals surface area contributed by atoms with Gasteiger partial charge in [-0.1, -0.05) is 23.8 Å². The molecule has 2 aromatic rings. The van der Waals surface area contributed by atoms with E-state index in [4.69, 9.17) is 0 Å². The van der Waals surface area contributed by atoms with E-state index in [1.54, 1.807) is 0 Å². The number of benzene rings is 1. The molecule has 2 aliphatic rings. The molecule has 92 valence electrons. The molecule has 0 fully saturated rings. The smallest absolute Gasteiger partial charge is 0.0459 e. The van der Waals surface area contributed by atoms with Crippen molar-refractivity contribution in [2.45, 2.75) is 25.3 Å². The summed E-state index contributed by atoms with van der Waals surface area (Å²) in [6, 6.07) is 7.31. The Labute approximate surface area is 107 Å². The van der Waals surface area contributed by atoms with Gasteiger partial charge in [-0.2, -0.15) is 0 Å². The minimum atomic E-state index is 0.579. The molecular weight excluding hydrogens is 220 g/mol. The summed E-state index contributed by atoms with van der Waals surface area (Å²) in [4.78, 5) is 5.91. The lowest BCUT2D eigenvalue weighted by atomic mass is 9.74. The van der Waals surface area contributed by atoms with Crippen molar-refractivity contribution >= 4 is 10.9 Å². The number of hydrogen-bond acceptors (Lipinski definition) is 1. The first-order chi connectivity index (χ1) is 8.75. The van der Waals surface area contributed by atoms with Crippen LogP contribution in [0.25, 0.3) is 10.9 Å². The fourth-order valence-electron chi connectivity index (χ4n) is 3.77. The molecule has 1 aliphatic heterocycles. The van der Waals surface area contributed by atoms with Crippen LogP contribution in [-0.2, 0) is 6.42 Å². The van der Waals surface area contributed by atoms with E-state index in [-0.39, 0.29) is 0 Å². The minimum absolute atomic E-state index is 0.579. The predicted octanol–water partition coefficient (Wildman–Crippen LogP) is 3.07. The van der Waals surface area contributed by atoms with E-state index in [2.05, 4.69) is 54.3 Å². The van der Waals surface area contributed by atoms with Gasteiger partial charge in [0.1, 0.15) is 0 Å². The molecule has 2 nitrogen and oxygen atoms in total. The van der Waals surface area contributed by atoms with Crippen LogP contribution < -0.4 is 0 Å². The summed E-state index contributed by atoms with van der Waals surface area (Å²) < 4.78 is 0. The molecule has 2 heteroatoms. The highest BCUT2D eigenvalue weighted by molar-refractivity contribution is 5.88. The monoisotopic (exact) mass is 238 g/mol. The number of fused-ring (bicyclic) bond motifs is 2. The zero-order valence-electron chi connectivity index (χ0n) is 10.9. The molecule has 0 radical (unpaired) electrons. The standard InChI is InChI=1S/C16H18N2/c1-10-6-7-18(2)14-8-11-9-17-13-5-3-4-12(15(10)14)16(11)13/h3-6,9,14-15,17H,7-8H2,1-2H3/t14-,15-/m1/s1. The van der Waals surface area contributed by atoms with Crippen molar-refractivity contribution in [3.63, 3.8) is 0 Å². The van der Waals surface area contributed by atoms with E-state index in [0.29, 0.717) is 12.0 Å². The number of hydrogen-bond donors (Lipinski definition) is 1. The van der Waals surface area contributed by atoms with Gasteiger partial charge in [-0.3, -0.25) is 4.90 Å². The van der Waals surface area contributed by atoms with Crippen molar-refractivity contribution in [3.05, 3.63) is 47.2 Å². The highest BCUT2D eigenvalue weighted by atomic mass is 15.1. The molecule has 0 bridgehead atoms. The second-order valence-electron chi connectivity index (χ2n) is 5.72. The quantitative estimate of drug-likeness (QED) is 0.699. The summed E-state index contributed by atoms with van der Waals surface area (Å²) in [5.41, 5.74) is 5.84. The zero-order valence-corrected chi connectivity index (χ0v) is 10.9. The first-order valence-electron chi connectivity index (χ1n) is 6.71. The van der Waals surface area contributed by atoms with Crippen LogP contribution in [0.15, 0.2) is 36.0 Å². The molecule has 1 N–H and O–H groups in total. The Morgan fingerprint density at radius 3 is 3.11 bits per heavy atom. The number of H-pyrrole nitrogens is 1. The Bertz CT molecular complexity index is 650. The van der Waals surface area contributed by atoms with Gasteiger partial charge >= 0.3 is 0 Å². The number of aromatic amines is 1. The van der Waals surface area contributed by atoms with Crippen molar-refractivity contribution in [1.82, 2.24) is 9.88 Å². The van der Waals surface area contributed by atoms with Crippen molar-refractivity contribution in [2.24, 2.45) is 0 Å². The summed E-state index contributed by atoms with van der Waals surface area (Å²) in [5, 5.41) is 1.47. The van der Waals surface area contributed by atoms with Gasteiger partial charge < -0.3 is 4.98 Å². The summed E-state index contributed by atoms with van der Waals surface area (Å²) in [5.74, 6) is 0.579. The fourth-order valence-corrected chi connectivity index (χ4v) is 3.77. The van der Waals surface area contributed by atoms with Crippen LogP contribution in [0.5, 0.6) is 0 Å². The average molecular weight is 238 g/mol. The van der Waals surface area contributed by atoms with Crippen LogP contribution in [-0.4, -0.2) is 29.5 Å². The summed E-state index contributed by atoms with van der Waals surface area (Å²) in [7, 11) is 2.25. The highest BCUT2D eigenvalue weighted by Crippen LogP contribution is 2.43. The number of nitrogens with zero attached hydrogens (tertiary/aromatic N) is 1. The van der Waals surface area contributed by atoms with Crippen molar-refractivity contribution < 1.29 is 0 Å². The number of aromatic nitrogens is 1. The molecule has 1 aliphatic carbocycles. The lowest BCUT2D eigenvalue weighted by molar-refractivity contribution is 0.224. The second-order valence-corrected chi connectivity index (χ2v) is 5.72. The normalized spacial score (nSPS) is 27.1. The van der Waals surface area contributed by atoms with E-state index in [1.165, 1.54) is 34.0 Å². The van der Waals surface area contributed by atoms with Gasteiger partial charge in [-0.15, -0.1) is 0 Å². The predicted molar refractivity (Wildman–Crippen MR) is 74.9 cm³/mol. The molecule has 2 atom stereocenters. The first-order valence-corrected chi connectivity index (χ1v) is 6.71. The SMILES string of the molecule is CC1=CCN(C)[C@@H]2Cc3c[nH]c4cccc(c34)[C@@H]12. The zero-order chi connectivity index (χ0) is 12.3. The van der Waals surface area contributed by atoms with Gasteiger partial charge in [0.25, 0.3) is 0 Å². The molecule has 0 amide bonds. The summed E-state index contributed by atoms with van der Waals surface area (Å²) >= 11 is 0. The van der Waals surface area contributed by atoms with Gasteiger partial charge in [0.15, 0.2) is 0 Å². The Kier molecular flexibility index (Phi) is 2.01. The van der Waals surface area contributed by atoms with Gasteiger partial charge in [0, 0.05) is 35.6 Å². The average Bonchev–Trinajstić information content (AvgIpc) is 2.79. The van der Waals surface area contributed by atoms with E-state index >= 15 is 0 Å². The van der Waals surface area contributed by atoms with Crippen molar-refractivity contribution in [3.8, 4) is 0 Å². The van der Waals surface area contributed by atoms with Gasteiger partial charge in [0.2, 0.25) is 0 Å². The Morgan fingerprint density at radius 1 is 1.33 bits per heavy atom. The molecule has 1 aromatic carbocycles. The fraction of sp³-hybridized carbons (Fsp3) is 0.375. The number of rotatable bonds is 0. The first kappa shape index (κ1) is 10.4. The van der Waals surface area contributed by atoms with E-state index in [1.807, 2.05) is 0 Å². The lowest BCUT2D eigenvalue weighted by Gasteiger charge is -2.41. The van der Waals surface area contributed by atoms with Crippen molar-refractivity contribution in [1.29, 1.82) is 0 Å². The molecule has 0 saturated carbocycles. The molecule has 2 heterocycles. The molecule has 0 unspecified atom stereocenters. The highest BCUT2D eigenvalue weighted by Gasteiger charge is 2.36. The number of likely N-dealkylation sites (N-methyl/N-ethyl adjacent to an activating group) is 1. The maximum atomic E-state index is 3.42. The third-order valence-electron chi connectivity index (χ3n) is 4.73. The number of nitrogens with one attached hydrogen (secondary N) is 1. The van der Waals surface area contributed by atoms with Crippen molar-refractivity contribution in [2.75, 3.05) is 13.6 Å². The van der Waals surface area contributed by atoms with Crippen LogP contribution in [0.2, 0.25) is 0 Å². The van der Waals surface area contributed by atoms with Gasteiger partial charge in [-0.05, 0) is 37.6 Å². The van der Waals surface area contributed by atoms with Crippen LogP contribution in [0.3, 0.4) is 0 Å². The van der Waals surface area contributed by atoms with E-state index in [9.17, 15) is 0 Å². The maximum absolute atomic E-state index is 3.42. The summed E-state index contributed by atoms with van der Waals surface area (Å²) in [6.07, 6.45) is 5.76. The van der Waals surface area contributed by atoms with Crippen LogP contribution in [0, 0.1) is 0 Å². The Balaban J connectivity index is 2.02. The van der Waals surface area contributed by atoms with Gasteiger partial charge in [0.05, 0.1) is 0 Å².